The predicted octanol–water partition coefficient (Wildman–Crippen LogP) is -1.83. The molecule has 5 heterocycles. The molecule has 2 aliphatic rings. The number of imidazole rings is 1. The number of nitrogens with zero attached hydrogens (tertiary/aromatic N) is 7. The second kappa shape index (κ2) is 16.7. The van der Waals surface area contributed by atoms with Crippen LogP contribution in [0.1, 0.15) is 31.7 Å². The van der Waals surface area contributed by atoms with Crippen LogP contribution >= 0.6 is 15.4 Å². The van der Waals surface area contributed by atoms with Gasteiger partial charge in [-0.1, -0.05) is 6.08 Å². The molecule has 2 aliphatic heterocycles. The number of hydrogen-bond acceptors (Lipinski definition) is 18. The average molecular weight is 804 g/mol. The fraction of sp³-hybridized carbons (Fsp3) is 0.536. The van der Waals surface area contributed by atoms with Gasteiger partial charge in [0.2, 0.25) is 5.91 Å². The third-order valence-corrected chi connectivity index (χ3v) is 11.1. The Bertz CT molecular complexity index is 2010. The van der Waals surface area contributed by atoms with Crippen molar-refractivity contribution in [2.75, 3.05) is 38.3 Å². The number of ether oxygens (including phenoxy) is 3. The van der Waals surface area contributed by atoms with Crippen molar-refractivity contribution in [1.82, 2.24) is 34.0 Å². The molecule has 26 heteroatoms. The van der Waals surface area contributed by atoms with E-state index >= 15 is 0 Å². The van der Waals surface area contributed by atoms with E-state index in [1.807, 2.05) is 0 Å². The average Bonchev–Trinajstić information content (AvgIpc) is 3.82. The molecule has 0 radical (unpaired) electrons. The molecule has 0 bridgehead atoms. The number of aliphatic hydroxyl groups excluding tert-OH is 2. The van der Waals surface area contributed by atoms with Crippen LogP contribution in [0.4, 0.5) is 11.6 Å². The maximum atomic E-state index is 13.9. The molecule has 24 nitrogen and oxygen atoms in total. The lowest BCUT2D eigenvalue weighted by molar-refractivity contribution is -0.166. The van der Waals surface area contributed by atoms with E-state index in [2.05, 4.69) is 31.0 Å². The largest absolute Gasteiger partial charge is 0.469 e. The molecule has 0 aliphatic carbocycles. The van der Waals surface area contributed by atoms with E-state index in [0.717, 1.165) is 15.8 Å². The smallest absolute Gasteiger partial charge is 0.455 e. The molecule has 3 aromatic rings. The lowest BCUT2D eigenvalue weighted by Crippen LogP contribution is -2.49. The van der Waals surface area contributed by atoms with Gasteiger partial charge in [0.15, 0.2) is 29.8 Å². The number of phosphoric acid groups is 1. The van der Waals surface area contributed by atoms with Gasteiger partial charge in [0.25, 0.3) is 0 Å². The SMILES string of the molecule is C=CCCC(=O)N(C)C(CO)C(=O)O[C@H]1[C@@H](O)[C@H](n2cnc3c(N)ncnc32)O[C@@H]1COP(=O)(O)[C@H]1C[C@H](n2ccc(N)nc2=O)O[C@@H]1COP(=O)(O)O. The summed E-state index contributed by atoms with van der Waals surface area (Å²) in [6.07, 6.45) is -4.32. The number of phosphoric ester groups is 1. The summed E-state index contributed by atoms with van der Waals surface area (Å²) >= 11 is 0. The number of esters is 1. The summed E-state index contributed by atoms with van der Waals surface area (Å²) in [6, 6.07) is -0.274. The summed E-state index contributed by atoms with van der Waals surface area (Å²) in [6.45, 7) is 0.908. The van der Waals surface area contributed by atoms with Gasteiger partial charge in [0, 0.05) is 26.1 Å². The van der Waals surface area contributed by atoms with Crippen molar-refractivity contribution in [1.29, 1.82) is 0 Å². The first-order chi connectivity index (χ1) is 25.4. The highest BCUT2D eigenvalue weighted by Crippen LogP contribution is 2.56. The number of nitrogens with two attached hydrogens (primary N) is 2. The molecule has 1 amide bonds. The Morgan fingerprint density at radius 2 is 1.85 bits per heavy atom. The molecular weight excluding hydrogens is 764 g/mol. The highest BCUT2D eigenvalue weighted by Gasteiger charge is 2.52. The van der Waals surface area contributed by atoms with Crippen molar-refractivity contribution >= 4 is 50.1 Å². The molecule has 2 unspecified atom stereocenters. The highest BCUT2D eigenvalue weighted by atomic mass is 31.2. The van der Waals surface area contributed by atoms with Gasteiger partial charge >= 0.3 is 27.1 Å². The number of likely N-dealkylation sites (N-methyl/N-ethyl adjacent to an activating group) is 1. The van der Waals surface area contributed by atoms with E-state index in [-0.39, 0.29) is 35.6 Å². The number of nitrogen functional groups attached to an aromatic ring is 2. The van der Waals surface area contributed by atoms with Gasteiger partial charge in [-0.25, -0.2) is 29.1 Å². The number of anilines is 2. The van der Waals surface area contributed by atoms with Gasteiger partial charge in [0.05, 0.1) is 37.9 Å². The van der Waals surface area contributed by atoms with Crippen molar-refractivity contribution in [3.05, 3.63) is 48.1 Å². The lowest BCUT2D eigenvalue weighted by Gasteiger charge is -2.29. The molecule has 5 rings (SSSR count). The number of carbonyl (C=O) groups excluding carboxylic acids is 2. The van der Waals surface area contributed by atoms with Crippen molar-refractivity contribution in [2.45, 2.75) is 67.8 Å². The molecule has 0 spiro atoms. The maximum absolute atomic E-state index is 13.9. The zero-order chi connectivity index (χ0) is 39.5. The molecule has 2 fully saturated rings. The predicted molar refractivity (Wildman–Crippen MR) is 182 cm³/mol. The first-order valence-electron chi connectivity index (χ1n) is 16.1. The fourth-order valence-electron chi connectivity index (χ4n) is 5.90. The Balaban J connectivity index is 1.41. The first-order valence-corrected chi connectivity index (χ1v) is 19.2. The number of rotatable bonds is 16. The summed E-state index contributed by atoms with van der Waals surface area (Å²) in [5, 5.41) is 21.5. The molecule has 0 saturated carbocycles. The van der Waals surface area contributed by atoms with Gasteiger partial charge in [-0.15, -0.1) is 6.58 Å². The van der Waals surface area contributed by atoms with Gasteiger partial charge < -0.3 is 60.0 Å². The van der Waals surface area contributed by atoms with E-state index in [9.17, 15) is 48.4 Å². The minimum absolute atomic E-state index is 0.00310. The van der Waals surface area contributed by atoms with Crippen LogP contribution in [0.3, 0.4) is 0 Å². The van der Waals surface area contributed by atoms with Gasteiger partial charge in [-0.05, 0) is 12.5 Å². The van der Waals surface area contributed by atoms with Crippen LogP contribution in [-0.2, 0) is 42.0 Å². The van der Waals surface area contributed by atoms with Crippen molar-refractivity contribution < 1.29 is 66.9 Å². The number of aliphatic hydroxyl groups is 2. The summed E-state index contributed by atoms with van der Waals surface area (Å²) in [4.78, 5) is 85.1. The van der Waals surface area contributed by atoms with Crippen LogP contribution in [0.25, 0.3) is 11.2 Å². The second-order valence-corrected chi connectivity index (χ2v) is 15.5. The van der Waals surface area contributed by atoms with Crippen LogP contribution in [-0.4, -0.2) is 134 Å². The molecule has 0 aromatic carbocycles. The van der Waals surface area contributed by atoms with E-state index < -0.39 is 108 Å². The summed E-state index contributed by atoms with van der Waals surface area (Å²) in [5.74, 6) is -1.81. The lowest BCUT2D eigenvalue weighted by atomic mass is 10.1. The van der Waals surface area contributed by atoms with E-state index in [1.165, 1.54) is 36.3 Å². The number of amides is 1. The molecule has 54 heavy (non-hydrogen) atoms. The number of carbonyl (C=O) groups is 2. The summed E-state index contributed by atoms with van der Waals surface area (Å²) in [5.41, 5.74) is 9.22. The second-order valence-electron chi connectivity index (χ2n) is 12.2. The Hall–Kier alpha value is -4.19. The van der Waals surface area contributed by atoms with Gasteiger partial charge in [-0.2, -0.15) is 4.98 Å². The van der Waals surface area contributed by atoms with Crippen LogP contribution in [0.2, 0.25) is 0 Å². The summed E-state index contributed by atoms with van der Waals surface area (Å²) in [7, 11) is -8.80. The van der Waals surface area contributed by atoms with Crippen LogP contribution in [0, 0.1) is 0 Å². The topological polar surface area (TPSA) is 349 Å². The zero-order valence-corrected chi connectivity index (χ0v) is 30.2. The molecule has 9 N–H and O–H groups in total. The Labute approximate surface area is 305 Å². The Kier molecular flexibility index (Phi) is 12.7. The molecular formula is C28H39N9O15P2. The first kappa shape index (κ1) is 41.0. The number of allylic oxidation sites excluding steroid dienone is 1. The third-order valence-electron chi connectivity index (χ3n) is 8.71. The van der Waals surface area contributed by atoms with Gasteiger partial charge in [-0.3, -0.25) is 23.0 Å². The van der Waals surface area contributed by atoms with E-state index in [1.54, 1.807) is 0 Å². The number of hydrogen-bond donors (Lipinski definition) is 7. The van der Waals surface area contributed by atoms with E-state index in [4.69, 9.17) is 30.2 Å². The molecule has 3 aromatic heterocycles. The van der Waals surface area contributed by atoms with Crippen LogP contribution in [0.15, 0.2) is 42.4 Å². The summed E-state index contributed by atoms with van der Waals surface area (Å²) < 4.78 is 54.9. The van der Waals surface area contributed by atoms with Crippen LogP contribution < -0.4 is 17.2 Å². The number of fused-ring (bicyclic) bond motifs is 1. The van der Waals surface area contributed by atoms with Crippen LogP contribution in [0.5, 0.6) is 0 Å². The number of aromatic nitrogens is 6. The Morgan fingerprint density at radius 1 is 1.13 bits per heavy atom. The quantitative estimate of drug-likeness (QED) is 0.0476. The van der Waals surface area contributed by atoms with Crippen molar-refractivity contribution in [3.63, 3.8) is 0 Å². The van der Waals surface area contributed by atoms with Crippen molar-refractivity contribution in [3.8, 4) is 0 Å². The molecule has 9 atom stereocenters. The minimum Gasteiger partial charge on any atom is -0.455 e. The standard InChI is InChI=1S/C28H39N9O15P2/c1-3-4-5-19(39)35(2)14(9-38)27(41)52-23-16(51-26(22(23)40)37-13-33-21-24(30)31-12-32-25(21)37)11-48-53(43,44)17-8-20(36-7-6-18(29)34-28(36)42)50-15(17)10-49-54(45,46)47/h3,6-7,12-17,20,22-23,26,38,40H,1,4-5,8-11H2,2H3,(H,43,44)(H2,29,34,42)(H2,30,31,32)(H2,45,46,47)/t14?,15-,16-,17+,20-,22-,23-,26-/m1/s1. The third kappa shape index (κ3) is 9.01. The Morgan fingerprint density at radius 3 is 2.52 bits per heavy atom. The maximum Gasteiger partial charge on any atom is 0.469 e. The van der Waals surface area contributed by atoms with Gasteiger partial charge in [0.1, 0.15) is 36.1 Å². The van der Waals surface area contributed by atoms with Crippen molar-refractivity contribution in [2.24, 2.45) is 0 Å². The van der Waals surface area contributed by atoms with E-state index in [0.29, 0.717) is 0 Å². The normalized spacial score (nSPS) is 26.0. The fourth-order valence-corrected chi connectivity index (χ4v) is 7.82. The molecule has 2 saturated heterocycles. The zero-order valence-electron chi connectivity index (χ0n) is 28.5. The highest BCUT2D eigenvalue weighted by molar-refractivity contribution is 7.53. The monoisotopic (exact) mass is 803 g/mol. The molecule has 296 valence electrons. The minimum atomic E-state index is -5.10.